The number of benzene rings is 1. The Hall–Kier alpha value is -2.48. The third-order valence-corrected chi connectivity index (χ3v) is 4.32. The number of ether oxygens (including phenoxy) is 2. The van der Waals surface area contributed by atoms with E-state index in [-0.39, 0.29) is 0 Å². The number of hydrogen-bond acceptors (Lipinski definition) is 4. The molecule has 1 aromatic carbocycles. The number of H-pyrrole nitrogens is 1. The Kier molecular flexibility index (Phi) is 8.19. The molecule has 0 fully saturated rings. The van der Waals surface area contributed by atoms with Crippen molar-refractivity contribution in [3.63, 3.8) is 0 Å². The fourth-order valence-electron chi connectivity index (χ4n) is 2.39. The van der Waals surface area contributed by atoms with Gasteiger partial charge in [-0.3, -0.25) is 20.4 Å². The number of amides is 2. The predicted octanol–water partition coefficient (Wildman–Crippen LogP) is 3.82. The van der Waals surface area contributed by atoms with Gasteiger partial charge < -0.3 is 14.5 Å². The van der Waals surface area contributed by atoms with E-state index >= 15 is 0 Å². The van der Waals surface area contributed by atoms with Crippen molar-refractivity contribution < 1.29 is 19.1 Å². The van der Waals surface area contributed by atoms with Gasteiger partial charge in [0.2, 0.25) is 0 Å². The molecule has 0 saturated carbocycles. The van der Waals surface area contributed by atoms with E-state index in [1.54, 1.807) is 30.5 Å². The van der Waals surface area contributed by atoms with Gasteiger partial charge in [-0.05, 0) is 46.6 Å². The lowest BCUT2D eigenvalue weighted by molar-refractivity contribution is 0.0844. The van der Waals surface area contributed by atoms with Gasteiger partial charge in [-0.15, -0.1) is 0 Å². The Morgan fingerprint density at radius 2 is 1.85 bits per heavy atom. The zero-order valence-corrected chi connectivity index (χ0v) is 17.0. The number of unbranched alkanes of at least 4 members (excludes halogenated alkanes) is 3. The molecule has 0 aliphatic rings. The van der Waals surface area contributed by atoms with Gasteiger partial charge in [0, 0.05) is 16.2 Å². The number of methoxy groups -OCH3 is 1. The van der Waals surface area contributed by atoms with Gasteiger partial charge in [0.1, 0.15) is 5.69 Å². The predicted molar refractivity (Wildman–Crippen MR) is 106 cm³/mol. The second-order valence-corrected chi connectivity index (χ2v) is 6.83. The fraction of sp³-hybridized carbons (Fsp3) is 0.368. The van der Waals surface area contributed by atoms with Crippen molar-refractivity contribution in [2.24, 2.45) is 0 Å². The van der Waals surface area contributed by atoms with Crippen molar-refractivity contribution in [1.82, 2.24) is 15.8 Å². The third-order valence-electron chi connectivity index (χ3n) is 3.86. The number of hydrazine groups is 1. The summed E-state index contributed by atoms with van der Waals surface area (Å²) in [5.41, 5.74) is 5.40. The molecular formula is C19H24BrN3O4. The summed E-state index contributed by atoms with van der Waals surface area (Å²) in [6.07, 6.45) is 6.08. The highest BCUT2D eigenvalue weighted by molar-refractivity contribution is 9.10. The van der Waals surface area contributed by atoms with Crippen molar-refractivity contribution >= 4 is 27.7 Å². The lowest BCUT2D eigenvalue weighted by Gasteiger charge is -2.12. The standard InChI is InChI=1S/C19H24BrN3O4/c1-3-4-5-6-9-27-16-8-7-13(10-17(16)26-2)18(24)22-23-19(25)15-11-14(20)12-21-15/h7-8,10-12,21H,3-6,9H2,1-2H3,(H,22,24)(H,23,25). The molecule has 0 radical (unpaired) electrons. The van der Waals surface area contributed by atoms with Crippen LogP contribution in [0.15, 0.2) is 34.9 Å². The first kappa shape index (κ1) is 20.8. The van der Waals surface area contributed by atoms with Crippen LogP contribution in [0.1, 0.15) is 53.5 Å². The molecule has 2 aromatic rings. The van der Waals surface area contributed by atoms with Crippen LogP contribution in [-0.4, -0.2) is 30.5 Å². The lowest BCUT2D eigenvalue weighted by atomic mass is 10.2. The molecule has 0 unspecified atom stereocenters. The highest BCUT2D eigenvalue weighted by atomic mass is 79.9. The van der Waals surface area contributed by atoms with Gasteiger partial charge in [-0.25, -0.2) is 0 Å². The van der Waals surface area contributed by atoms with Crippen LogP contribution in [0.4, 0.5) is 0 Å². The molecule has 2 rings (SSSR count). The maximum atomic E-state index is 12.3. The minimum Gasteiger partial charge on any atom is -0.493 e. The van der Waals surface area contributed by atoms with Crippen LogP contribution >= 0.6 is 15.9 Å². The molecule has 8 heteroatoms. The minimum atomic E-state index is -0.457. The summed E-state index contributed by atoms with van der Waals surface area (Å²) in [5, 5.41) is 0. The summed E-state index contributed by atoms with van der Waals surface area (Å²) in [6, 6.07) is 6.50. The van der Waals surface area contributed by atoms with Crippen molar-refractivity contribution in [2.45, 2.75) is 32.6 Å². The van der Waals surface area contributed by atoms with Crippen LogP contribution in [0, 0.1) is 0 Å². The average molecular weight is 438 g/mol. The van der Waals surface area contributed by atoms with Gasteiger partial charge in [0.15, 0.2) is 11.5 Å². The van der Waals surface area contributed by atoms with E-state index in [9.17, 15) is 9.59 Å². The van der Waals surface area contributed by atoms with E-state index in [4.69, 9.17) is 9.47 Å². The molecule has 0 spiro atoms. The first-order valence-corrected chi connectivity index (χ1v) is 9.60. The van der Waals surface area contributed by atoms with Crippen LogP contribution in [0.25, 0.3) is 0 Å². The zero-order valence-electron chi connectivity index (χ0n) is 15.4. The normalized spacial score (nSPS) is 10.3. The number of carbonyl (C=O) groups is 2. The van der Waals surface area contributed by atoms with Gasteiger partial charge in [-0.1, -0.05) is 26.2 Å². The molecule has 0 saturated heterocycles. The van der Waals surface area contributed by atoms with E-state index in [2.05, 4.69) is 38.7 Å². The second kappa shape index (κ2) is 10.6. The number of carbonyl (C=O) groups excluding carboxylic acids is 2. The number of rotatable bonds is 9. The Balaban J connectivity index is 1.91. The summed E-state index contributed by atoms with van der Waals surface area (Å²) >= 11 is 3.25. The zero-order chi connectivity index (χ0) is 19.6. The first-order chi connectivity index (χ1) is 13.0. The quantitative estimate of drug-likeness (QED) is 0.410. The number of hydrogen-bond donors (Lipinski definition) is 3. The SMILES string of the molecule is CCCCCCOc1ccc(C(=O)NNC(=O)c2cc(Br)c[nH]2)cc1OC. The van der Waals surface area contributed by atoms with Crippen LogP contribution in [0.5, 0.6) is 11.5 Å². The summed E-state index contributed by atoms with van der Waals surface area (Å²) in [5.74, 6) is 0.151. The molecule has 27 heavy (non-hydrogen) atoms. The van der Waals surface area contributed by atoms with Crippen molar-refractivity contribution in [3.05, 3.63) is 46.2 Å². The maximum absolute atomic E-state index is 12.3. The number of aromatic nitrogens is 1. The molecular weight excluding hydrogens is 414 g/mol. The Bertz CT molecular complexity index is 776. The maximum Gasteiger partial charge on any atom is 0.286 e. The monoisotopic (exact) mass is 437 g/mol. The van der Waals surface area contributed by atoms with Gasteiger partial charge in [-0.2, -0.15) is 0 Å². The molecule has 3 N–H and O–H groups in total. The van der Waals surface area contributed by atoms with E-state index in [0.29, 0.717) is 29.4 Å². The fourth-order valence-corrected chi connectivity index (χ4v) is 2.73. The molecule has 0 atom stereocenters. The minimum absolute atomic E-state index is 0.326. The van der Waals surface area contributed by atoms with E-state index in [0.717, 1.165) is 17.3 Å². The topological polar surface area (TPSA) is 92.5 Å². The van der Waals surface area contributed by atoms with Crippen LogP contribution in [0.2, 0.25) is 0 Å². The lowest BCUT2D eigenvalue weighted by Crippen LogP contribution is -2.41. The van der Waals surface area contributed by atoms with Gasteiger partial charge in [0.05, 0.1) is 13.7 Å². The molecule has 7 nitrogen and oxygen atoms in total. The molecule has 1 heterocycles. The van der Waals surface area contributed by atoms with Crippen molar-refractivity contribution in [1.29, 1.82) is 0 Å². The largest absolute Gasteiger partial charge is 0.493 e. The van der Waals surface area contributed by atoms with Crippen molar-refractivity contribution in [3.8, 4) is 11.5 Å². The molecule has 146 valence electrons. The van der Waals surface area contributed by atoms with Crippen LogP contribution in [0.3, 0.4) is 0 Å². The van der Waals surface area contributed by atoms with Crippen molar-refractivity contribution in [2.75, 3.05) is 13.7 Å². The highest BCUT2D eigenvalue weighted by Crippen LogP contribution is 2.28. The Morgan fingerprint density at radius 3 is 2.52 bits per heavy atom. The number of halogens is 1. The molecule has 0 aliphatic heterocycles. The Labute approximate surface area is 166 Å². The van der Waals surface area contributed by atoms with Gasteiger partial charge >= 0.3 is 0 Å². The average Bonchev–Trinajstić information content (AvgIpc) is 3.12. The molecule has 2 amide bonds. The second-order valence-electron chi connectivity index (χ2n) is 5.91. The summed E-state index contributed by atoms with van der Waals surface area (Å²) in [6.45, 7) is 2.76. The van der Waals surface area contributed by atoms with Gasteiger partial charge in [0.25, 0.3) is 11.8 Å². The highest BCUT2D eigenvalue weighted by Gasteiger charge is 2.13. The molecule has 1 aromatic heterocycles. The summed E-state index contributed by atoms with van der Waals surface area (Å²) < 4.78 is 11.8. The molecule has 0 aliphatic carbocycles. The number of aromatic amines is 1. The smallest absolute Gasteiger partial charge is 0.286 e. The van der Waals surface area contributed by atoms with Crippen LogP contribution < -0.4 is 20.3 Å². The Morgan fingerprint density at radius 1 is 1.07 bits per heavy atom. The van der Waals surface area contributed by atoms with E-state index < -0.39 is 11.8 Å². The first-order valence-electron chi connectivity index (χ1n) is 8.80. The van der Waals surface area contributed by atoms with E-state index in [1.807, 2.05) is 0 Å². The van der Waals surface area contributed by atoms with E-state index in [1.165, 1.54) is 20.0 Å². The number of nitrogens with one attached hydrogen (secondary N) is 3. The summed E-state index contributed by atoms with van der Waals surface area (Å²) in [7, 11) is 1.52. The van der Waals surface area contributed by atoms with Crippen LogP contribution in [-0.2, 0) is 0 Å². The third kappa shape index (κ3) is 6.32. The summed E-state index contributed by atoms with van der Waals surface area (Å²) in [4.78, 5) is 27.0. The molecule has 0 bridgehead atoms.